The van der Waals surface area contributed by atoms with Crippen molar-refractivity contribution in [2.45, 2.75) is 16.2 Å². The number of hydrogen-bond donors (Lipinski definition) is 5. The molecule has 0 spiro atoms. The Morgan fingerprint density at radius 1 is 1.00 bits per heavy atom. The van der Waals surface area contributed by atoms with Gasteiger partial charge in [-0.1, -0.05) is 18.2 Å². The van der Waals surface area contributed by atoms with Crippen LogP contribution in [0.2, 0.25) is 0 Å². The summed E-state index contributed by atoms with van der Waals surface area (Å²) in [6.45, 7) is -0.0522. The van der Waals surface area contributed by atoms with E-state index in [4.69, 9.17) is 11.5 Å². The van der Waals surface area contributed by atoms with E-state index in [0.29, 0.717) is 19.5 Å². The van der Waals surface area contributed by atoms with Crippen LogP contribution in [0.25, 0.3) is 0 Å². The van der Waals surface area contributed by atoms with Gasteiger partial charge >= 0.3 is 5.97 Å². The molecule has 1 aromatic heterocycles. The Morgan fingerprint density at radius 3 is 2.10 bits per heavy atom. The first kappa shape index (κ1) is 23.5. The van der Waals surface area contributed by atoms with Crippen molar-refractivity contribution in [1.82, 2.24) is 10.6 Å². The molecule has 0 aliphatic heterocycles. The Bertz CT molecular complexity index is 1020. The first-order valence-corrected chi connectivity index (χ1v) is 11.1. The van der Waals surface area contributed by atoms with Crippen LogP contribution in [0, 0.1) is 0 Å². The molecule has 2 aromatic rings. The molecule has 0 saturated heterocycles. The van der Waals surface area contributed by atoms with Crippen molar-refractivity contribution in [1.29, 1.82) is 0 Å². The third-order valence-corrected chi connectivity index (χ3v) is 7.38. The third-order valence-electron chi connectivity index (χ3n) is 4.13. The van der Waals surface area contributed by atoms with Gasteiger partial charge in [0.15, 0.2) is 0 Å². The smallest absolute Gasteiger partial charge is 0.341 e. The van der Waals surface area contributed by atoms with Crippen LogP contribution < -0.4 is 22.1 Å². The molecule has 0 aliphatic carbocycles. The van der Waals surface area contributed by atoms with Gasteiger partial charge in [-0.15, -0.1) is 11.3 Å². The lowest BCUT2D eigenvalue weighted by molar-refractivity contribution is -0.139. The maximum Gasteiger partial charge on any atom is 0.341 e. The van der Waals surface area contributed by atoms with Gasteiger partial charge in [0.25, 0.3) is 11.8 Å². The van der Waals surface area contributed by atoms with E-state index >= 15 is 0 Å². The summed E-state index contributed by atoms with van der Waals surface area (Å²) in [5.74, 6) is -2.93. The van der Waals surface area contributed by atoms with Crippen LogP contribution in [0.1, 0.15) is 25.8 Å². The van der Waals surface area contributed by atoms with Gasteiger partial charge in [-0.2, -0.15) is 0 Å². The number of benzene rings is 1. The van der Waals surface area contributed by atoms with E-state index in [2.05, 4.69) is 10.6 Å². The number of carboxylic acids is 1. The van der Waals surface area contributed by atoms with Gasteiger partial charge in [0.2, 0.25) is 14.7 Å². The number of sulfone groups is 1. The lowest BCUT2D eigenvalue weighted by Gasteiger charge is -2.25. The van der Waals surface area contributed by atoms with Crippen LogP contribution in [0.15, 0.2) is 47.4 Å². The average molecular weight is 455 g/mol. The van der Waals surface area contributed by atoms with Gasteiger partial charge in [-0.3, -0.25) is 9.59 Å². The van der Waals surface area contributed by atoms with Gasteiger partial charge in [-0.05, 0) is 37.2 Å². The van der Waals surface area contributed by atoms with E-state index in [1.807, 2.05) is 0 Å². The first-order valence-electron chi connectivity index (χ1n) is 8.81. The molecule has 1 unspecified atom stereocenters. The highest BCUT2D eigenvalue weighted by atomic mass is 32.2. The predicted octanol–water partition coefficient (Wildman–Crippen LogP) is -0.230. The zero-order valence-corrected chi connectivity index (χ0v) is 17.5. The zero-order chi connectivity index (χ0) is 22.4. The lowest BCUT2D eigenvalue weighted by Crippen LogP contribution is -2.61. The Labute approximate surface area is 177 Å². The number of aliphatic carboxylic acids is 1. The van der Waals surface area contributed by atoms with Crippen LogP contribution in [-0.4, -0.2) is 55.8 Å². The van der Waals surface area contributed by atoms with Crippen LogP contribution in [0.3, 0.4) is 0 Å². The quantitative estimate of drug-likeness (QED) is 0.305. The molecule has 7 N–H and O–H groups in total. The number of thiophene rings is 1. The minimum Gasteiger partial charge on any atom is -0.479 e. The van der Waals surface area contributed by atoms with Crippen molar-refractivity contribution < 1.29 is 27.9 Å². The molecule has 162 valence electrons. The topological polar surface area (TPSA) is 182 Å². The summed E-state index contributed by atoms with van der Waals surface area (Å²) in [7, 11) is -4.51. The van der Waals surface area contributed by atoms with Gasteiger partial charge in [0.05, 0.1) is 21.2 Å². The molecular weight excluding hydrogens is 432 g/mol. The van der Waals surface area contributed by atoms with Gasteiger partial charge in [-0.25, -0.2) is 13.2 Å². The van der Waals surface area contributed by atoms with E-state index in [1.54, 1.807) is 6.07 Å². The highest BCUT2D eigenvalue weighted by Gasteiger charge is 2.49. The summed E-state index contributed by atoms with van der Waals surface area (Å²) in [6, 6.07) is 9.68. The van der Waals surface area contributed by atoms with Gasteiger partial charge < -0.3 is 27.2 Å². The molecule has 10 nitrogen and oxygen atoms in total. The molecule has 1 atom stereocenters. The van der Waals surface area contributed by atoms with Crippen molar-refractivity contribution in [2.75, 3.05) is 19.6 Å². The summed E-state index contributed by atoms with van der Waals surface area (Å²) in [5.41, 5.74) is 11.1. The SMILES string of the molecule is NCCCNC(=O)c1ccc(C(=O)NCC(N)(C(=O)O)S(=O)(=O)c2ccccc2)s1. The standard InChI is InChI=1S/C18H22N4O6S2/c19-9-4-10-21-15(23)13-7-8-14(29-13)16(24)22-11-18(20,17(25)26)30(27,28)12-5-2-1-3-6-12/h1-3,5-8H,4,9-11,19-20H2,(H,21,23)(H,22,24)(H,25,26). The average Bonchev–Trinajstić information content (AvgIpc) is 3.22. The molecular formula is C18H22N4O6S2. The molecule has 12 heteroatoms. The summed E-state index contributed by atoms with van der Waals surface area (Å²) < 4.78 is 25.5. The molecule has 1 aromatic carbocycles. The fraction of sp³-hybridized carbons (Fsp3) is 0.278. The van der Waals surface area contributed by atoms with Crippen molar-refractivity contribution in [2.24, 2.45) is 11.5 Å². The summed E-state index contributed by atoms with van der Waals surface area (Å²) in [4.78, 5) is 33.4. The van der Waals surface area contributed by atoms with E-state index in [9.17, 15) is 27.9 Å². The fourth-order valence-electron chi connectivity index (χ4n) is 2.37. The van der Waals surface area contributed by atoms with Crippen LogP contribution in [-0.2, 0) is 14.6 Å². The molecule has 0 saturated carbocycles. The second-order valence-corrected chi connectivity index (χ2v) is 9.55. The second-order valence-electron chi connectivity index (χ2n) is 6.26. The largest absolute Gasteiger partial charge is 0.479 e. The van der Waals surface area contributed by atoms with Crippen molar-refractivity contribution in [3.8, 4) is 0 Å². The lowest BCUT2D eigenvalue weighted by atomic mass is 10.3. The third kappa shape index (κ3) is 5.02. The number of carbonyl (C=O) groups is 3. The fourth-order valence-corrected chi connectivity index (χ4v) is 4.63. The minimum absolute atomic E-state index is 0.101. The van der Waals surface area contributed by atoms with Crippen LogP contribution in [0.5, 0.6) is 0 Å². The van der Waals surface area contributed by atoms with Crippen molar-refractivity contribution in [3.63, 3.8) is 0 Å². The summed E-state index contributed by atoms with van der Waals surface area (Å²) in [6.07, 6.45) is 0.605. The summed E-state index contributed by atoms with van der Waals surface area (Å²) >= 11 is 0.877. The number of nitrogens with two attached hydrogens (primary N) is 2. The Morgan fingerprint density at radius 2 is 1.57 bits per heavy atom. The number of hydrogen-bond acceptors (Lipinski definition) is 8. The number of carbonyl (C=O) groups excluding carboxylic acids is 2. The zero-order valence-electron chi connectivity index (χ0n) is 15.8. The molecule has 0 radical (unpaired) electrons. The molecule has 2 rings (SSSR count). The number of amides is 2. The minimum atomic E-state index is -4.51. The van der Waals surface area contributed by atoms with Gasteiger partial charge in [0.1, 0.15) is 0 Å². The first-order chi connectivity index (χ1) is 14.1. The molecule has 30 heavy (non-hydrogen) atoms. The van der Waals surface area contributed by atoms with E-state index < -0.39 is 33.1 Å². The van der Waals surface area contributed by atoms with Gasteiger partial charge in [0, 0.05) is 6.54 Å². The number of rotatable bonds is 10. The molecule has 0 fully saturated rings. The second kappa shape index (κ2) is 9.80. The maximum atomic E-state index is 12.7. The summed E-state index contributed by atoms with van der Waals surface area (Å²) in [5, 5.41) is 14.4. The highest BCUT2D eigenvalue weighted by Crippen LogP contribution is 2.22. The normalized spacial score (nSPS) is 13.3. The molecule has 0 bridgehead atoms. The predicted molar refractivity (Wildman–Crippen MR) is 111 cm³/mol. The van der Waals surface area contributed by atoms with Crippen LogP contribution >= 0.6 is 11.3 Å². The number of carboxylic acid groups (broad SMARTS) is 1. The molecule has 1 heterocycles. The number of nitrogens with one attached hydrogen (secondary N) is 2. The Balaban J connectivity index is 2.13. The van der Waals surface area contributed by atoms with E-state index in [0.717, 1.165) is 11.3 Å². The molecule has 2 amide bonds. The van der Waals surface area contributed by atoms with E-state index in [1.165, 1.54) is 36.4 Å². The maximum absolute atomic E-state index is 12.7. The Hall–Kier alpha value is -2.80. The van der Waals surface area contributed by atoms with Crippen molar-refractivity contribution in [3.05, 3.63) is 52.2 Å². The van der Waals surface area contributed by atoms with E-state index in [-0.39, 0.29) is 20.6 Å². The van der Waals surface area contributed by atoms with Crippen LogP contribution in [0.4, 0.5) is 0 Å². The van der Waals surface area contributed by atoms with Crippen molar-refractivity contribution >= 4 is 39.0 Å². The molecule has 0 aliphatic rings. The Kier molecular flexibility index (Phi) is 7.67. The highest BCUT2D eigenvalue weighted by molar-refractivity contribution is 7.93. The monoisotopic (exact) mass is 454 g/mol.